The molecule has 0 radical (unpaired) electrons. The van der Waals surface area contributed by atoms with Crippen molar-refractivity contribution in [2.45, 2.75) is 12.0 Å². The molecule has 1 aromatic heterocycles. The van der Waals surface area contributed by atoms with Crippen LogP contribution < -0.4 is 5.32 Å². The van der Waals surface area contributed by atoms with Crippen molar-refractivity contribution < 1.29 is 9.90 Å². The molecular weight excluding hydrogens is 220 g/mol. The van der Waals surface area contributed by atoms with E-state index < -0.39 is 5.60 Å². The van der Waals surface area contributed by atoms with Crippen molar-refractivity contribution in [3.8, 4) is 0 Å². The first-order chi connectivity index (χ1) is 8.00. The Kier molecular flexibility index (Phi) is 3.17. The van der Waals surface area contributed by atoms with Crippen LogP contribution >= 0.6 is 0 Å². The van der Waals surface area contributed by atoms with Crippen molar-refractivity contribution in [3.63, 3.8) is 0 Å². The highest BCUT2D eigenvalue weighted by atomic mass is 16.3. The summed E-state index contributed by atoms with van der Waals surface area (Å²) in [6, 6.07) is 0. The van der Waals surface area contributed by atoms with E-state index in [9.17, 15) is 9.90 Å². The van der Waals surface area contributed by atoms with Gasteiger partial charge in [0.2, 0.25) is 0 Å². The third-order valence-corrected chi connectivity index (χ3v) is 3.05. The van der Waals surface area contributed by atoms with Gasteiger partial charge < -0.3 is 15.3 Å². The van der Waals surface area contributed by atoms with Gasteiger partial charge in [0.15, 0.2) is 0 Å². The fourth-order valence-electron chi connectivity index (χ4n) is 2.13. The monoisotopic (exact) mass is 238 g/mol. The number of hydrogen-bond acceptors (Lipinski definition) is 4. The van der Waals surface area contributed by atoms with Gasteiger partial charge in [0.25, 0.3) is 5.91 Å². The van der Waals surface area contributed by atoms with Gasteiger partial charge in [-0.3, -0.25) is 9.48 Å². The van der Waals surface area contributed by atoms with Crippen molar-refractivity contribution in [2.75, 3.05) is 26.7 Å². The van der Waals surface area contributed by atoms with Crippen LogP contribution in [0.3, 0.4) is 0 Å². The number of nitrogens with zero attached hydrogens (tertiary/aromatic N) is 3. The number of carbonyl (C=O) groups excluding carboxylic acids is 1. The number of aliphatic hydroxyl groups is 1. The normalized spacial score (nSPS) is 23.9. The first kappa shape index (κ1) is 12.1. The summed E-state index contributed by atoms with van der Waals surface area (Å²) < 4.78 is 1.59. The van der Waals surface area contributed by atoms with E-state index in [-0.39, 0.29) is 5.91 Å². The van der Waals surface area contributed by atoms with Crippen LogP contribution in [-0.2, 0) is 7.05 Å². The molecule has 1 saturated heterocycles. The van der Waals surface area contributed by atoms with Crippen molar-refractivity contribution in [1.82, 2.24) is 20.0 Å². The Balaban J connectivity index is 2.00. The number of amides is 1. The van der Waals surface area contributed by atoms with E-state index in [0.717, 1.165) is 6.54 Å². The highest BCUT2D eigenvalue weighted by Crippen LogP contribution is 2.16. The predicted octanol–water partition coefficient (Wildman–Crippen LogP) is -0.783. The Hall–Kier alpha value is -1.40. The van der Waals surface area contributed by atoms with E-state index in [1.165, 1.54) is 6.20 Å². The predicted molar refractivity (Wildman–Crippen MR) is 62.6 cm³/mol. The van der Waals surface area contributed by atoms with Crippen molar-refractivity contribution in [3.05, 3.63) is 18.0 Å². The Morgan fingerprint density at radius 1 is 1.76 bits per heavy atom. The van der Waals surface area contributed by atoms with Crippen molar-refractivity contribution in [1.29, 1.82) is 0 Å². The minimum absolute atomic E-state index is 0.113. The molecule has 0 saturated carbocycles. The Morgan fingerprint density at radius 3 is 3.06 bits per heavy atom. The maximum absolute atomic E-state index is 12.0. The van der Waals surface area contributed by atoms with Crippen LogP contribution in [0.5, 0.6) is 0 Å². The van der Waals surface area contributed by atoms with Gasteiger partial charge >= 0.3 is 0 Å². The number of aryl methyl sites for hydroxylation is 1. The van der Waals surface area contributed by atoms with Gasteiger partial charge in [0.05, 0.1) is 23.9 Å². The molecule has 0 bridgehead atoms. The molecule has 0 aliphatic carbocycles. The van der Waals surface area contributed by atoms with Crippen LogP contribution in [0.2, 0.25) is 0 Å². The summed E-state index contributed by atoms with van der Waals surface area (Å²) in [4.78, 5) is 13.6. The minimum atomic E-state index is -0.799. The number of β-amino-alcohol motifs (C(OH)–C–C–N with tert-alkyl or cyclic N) is 1. The molecule has 0 aromatic carbocycles. The van der Waals surface area contributed by atoms with Crippen LogP contribution in [0.25, 0.3) is 0 Å². The Bertz CT molecular complexity index is 409. The van der Waals surface area contributed by atoms with E-state index in [1.807, 2.05) is 0 Å². The molecule has 2 rings (SSSR count). The molecule has 1 aliphatic heterocycles. The molecule has 1 unspecified atom stereocenters. The van der Waals surface area contributed by atoms with Gasteiger partial charge in [-0.05, 0) is 13.0 Å². The van der Waals surface area contributed by atoms with Gasteiger partial charge in [-0.15, -0.1) is 0 Å². The van der Waals surface area contributed by atoms with Gasteiger partial charge in [0, 0.05) is 26.8 Å². The first-order valence-corrected chi connectivity index (χ1v) is 5.67. The van der Waals surface area contributed by atoms with Gasteiger partial charge in [-0.1, -0.05) is 0 Å². The molecule has 1 fully saturated rings. The molecule has 94 valence electrons. The lowest BCUT2D eigenvalue weighted by molar-refractivity contribution is 0.0252. The molecule has 6 nitrogen and oxygen atoms in total. The number of hydrogen-bond donors (Lipinski definition) is 2. The van der Waals surface area contributed by atoms with Crippen molar-refractivity contribution in [2.24, 2.45) is 7.05 Å². The number of rotatable bonds is 3. The zero-order valence-corrected chi connectivity index (χ0v) is 10.2. The number of carbonyl (C=O) groups is 1. The molecule has 6 heteroatoms. The second-order valence-corrected chi connectivity index (χ2v) is 4.72. The lowest BCUT2D eigenvalue weighted by Crippen LogP contribution is -2.45. The molecule has 1 amide bonds. The smallest absolute Gasteiger partial charge is 0.256 e. The van der Waals surface area contributed by atoms with Crippen LogP contribution in [0.1, 0.15) is 16.8 Å². The lowest BCUT2D eigenvalue weighted by Gasteiger charge is -2.27. The molecule has 2 N–H and O–H groups in total. The van der Waals surface area contributed by atoms with Crippen LogP contribution in [0.15, 0.2) is 12.4 Å². The van der Waals surface area contributed by atoms with Gasteiger partial charge in [0.1, 0.15) is 0 Å². The maximum Gasteiger partial charge on any atom is 0.256 e. The minimum Gasteiger partial charge on any atom is -0.387 e. The van der Waals surface area contributed by atoms with Gasteiger partial charge in [-0.25, -0.2) is 0 Å². The van der Waals surface area contributed by atoms with Crippen LogP contribution in [0, 0.1) is 0 Å². The van der Waals surface area contributed by atoms with Gasteiger partial charge in [-0.2, -0.15) is 5.10 Å². The summed E-state index contributed by atoms with van der Waals surface area (Å²) in [6.45, 7) is 1.68. The first-order valence-electron chi connectivity index (χ1n) is 5.67. The third-order valence-electron chi connectivity index (χ3n) is 3.05. The summed E-state index contributed by atoms with van der Waals surface area (Å²) in [5.74, 6) is -0.113. The second-order valence-electron chi connectivity index (χ2n) is 4.72. The number of nitrogens with one attached hydrogen (secondary N) is 1. The summed E-state index contributed by atoms with van der Waals surface area (Å²) in [5, 5.41) is 17.2. The standard InChI is InChI=1S/C11H18N4O2/c1-14(8-11(17)3-4-12-7-11)10(16)9-5-13-15(2)6-9/h5-6,12,17H,3-4,7-8H2,1-2H3. The zero-order valence-electron chi connectivity index (χ0n) is 10.2. The number of likely N-dealkylation sites (N-methyl/N-ethyl adjacent to an activating group) is 1. The lowest BCUT2D eigenvalue weighted by atomic mass is 10.0. The fourth-order valence-corrected chi connectivity index (χ4v) is 2.13. The van der Waals surface area contributed by atoms with Crippen molar-refractivity contribution >= 4 is 5.91 Å². The molecule has 1 aromatic rings. The third kappa shape index (κ3) is 2.65. The fraction of sp³-hybridized carbons (Fsp3) is 0.636. The molecule has 1 atom stereocenters. The van der Waals surface area contributed by atoms with E-state index in [0.29, 0.717) is 25.1 Å². The summed E-state index contributed by atoms with van der Waals surface area (Å²) in [7, 11) is 3.47. The molecule has 2 heterocycles. The average Bonchev–Trinajstić information content (AvgIpc) is 2.86. The Labute approximate surface area is 100 Å². The van der Waals surface area contributed by atoms with E-state index in [1.54, 1.807) is 29.9 Å². The average molecular weight is 238 g/mol. The van der Waals surface area contributed by atoms with E-state index in [2.05, 4.69) is 10.4 Å². The van der Waals surface area contributed by atoms with E-state index in [4.69, 9.17) is 0 Å². The molecular formula is C11H18N4O2. The molecule has 17 heavy (non-hydrogen) atoms. The summed E-state index contributed by atoms with van der Waals surface area (Å²) in [5.41, 5.74) is -0.253. The number of aromatic nitrogens is 2. The highest BCUT2D eigenvalue weighted by molar-refractivity contribution is 5.93. The molecule has 1 aliphatic rings. The largest absolute Gasteiger partial charge is 0.387 e. The molecule has 0 spiro atoms. The zero-order chi connectivity index (χ0) is 12.5. The SMILES string of the molecule is CN(CC1(O)CCNC1)C(=O)c1cnn(C)c1. The highest BCUT2D eigenvalue weighted by Gasteiger charge is 2.33. The summed E-state index contributed by atoms with van der Waals surface area (Å²) >= 11 is 0. The summed E-state index contributed by atoms with van der Waals surface area (Å²) in [6.07, 6.45) is 3.89. The second kappa shape index (κ2) is 4.46. The maximum atomic E-state index is 12.0. The topological polar surface area (TPSA) is 70.4 Å². The van der Waals surface area contributed by atoms with E-state index >= 15 is 0 Å². The quantitative estimate of drug-likeness (QED) is 0.724. The Morgan fingerprint density at radius 2 is 2.53 bits per heavy atom. The van der Waals surface area contributed by atoms with Crippen LogP contribution in [0.4, 0.5) is 0 Å². The van der Waals surface area contributed by atoms with Crippen LogP contribution in [-0.4, -0.2) is 58.0 Å².